The molecule has 3 saturated heterocycles. The van der Waals surface area contributed by atoms with Crippen molar-refractivity contribution in [2.24, 2.45) is 17.8 Å². The molecule has 3 fully saturated rings. The van der Waals surface area contributed by atoms with Gasteiger partial charge in [0.25, 0.3) is 0 Å². The molecule has 0 amide bonds. The second-order valence-corrected chi connectivity index (χ2v) is 34.0. The molecule has 590 valence electrons. The van der Waals surface area contributed by atoms with Crippen LogP contribution < -0.4 is 0 Å². The molecule has 5 atom stereocenters. The quantitative estimate of drug-likeness (QED) is 0.0328. The van der Waals surface area contributed by atoms with Gasteiger partial charge < -0.3 is 45.3 Å². The first kappa shape index (κ1) is 86.3. The van der Waals surface area contributed by atoms with Gasteiger partial charge in [0, 0.05) is 0 Å². The number of hydrogen-bond acceptors (Lipinski definition) is 9. The van der Waals surface area contributed by atoms with Crippen molar-refractivity contribution < 1.29 is 48.2 Å². The first-order chi connectivity index (χ1) is 51.9. The number of piperidine rings is 3. The topological polar surface area (TPSA) is 131 Å². The third kappa shape index (κ3) is 22.4. The van der Waals surface area contributed by atoms with E-state index in [0.29, 0.717) is 17.5 Å². The van der Waals surface area contributed by atoms with E-state index < -0.39 is 35.1 Å². The van der Waals surface area contributed by atoms with E-state index in [2.05, 4.69) is 138 Å². The lowest BCUT2D eigenvalue weighted by atomic mass is 9.72. The molecule has 3 heterocycles. The summed E-state index contributed by atoms with van der Waals surface area (Å²) in [6.07, 6.45) is 8.50. The van der Waals surface area contributed by atoms with E-state index >= 15 is 0 Å². The van der Waals surface area contributed by atoms with Crippen LogP contribution in [0.5, 0.6) is 0 Å². The minimum Gasteiger partial charge on any atom is -0.388 e. The molecular weight excluding hydrogens is 1380 g/mol. The molecule has 3 aliphatic rings. The molecule has 3 aliphatic heterocycles. The molecule has 0 aliphatic carbocycles. The van der Waals surface area contributed by atoms with Crippen molar-refractivity contribution in [3.63, 3.8) is 0 Å². The van der Waals surface area contributed by atoms with Crippen LogP contribution in [0.25, 0.3) is 0 Å². The number of halogens is 4. The lowest BCUT2D eigenvalue weighted by Crippen LogP contribution is -2.44. The highest BCUT2D eigenvalue weighted by atomic mass is 19.1. The van der Waals surface area contributed by atoms with E-state index in [0.717, 1.165) is 168 Å². The summed E-state index contributed by atoms with van der Waals surface area (Å²) in [5, 5.41) is 68.1. The van der Waals surface area contributed by atoms with Gasteiger partial charge in [0.1, 0.15) is 40.1 Å². The standard InChI is InChI=1S/C32H39F2NO2.2C32H40FNO2.CH4/c1-31(2,3)24-8-6-23(7-9-24)30(36)5-4-20-35-21-18-27(19-22-35)32(37,25-10-14-28(33)15-11-25)26-12-16-29(34)17-13-26;2*1-31(2,3)25-13-11-24(12-14-25)30(35)10-7-21-34-22-19-28(20-23-34)32(36,26-8-5-4-6-9-26)27-15-17-29(33)18-16-27;/h6-17,27,30,36-37H,4-5,18-22H2,1-3H3;2*4-6,8-9,11-18,28,30,35-36H,7,10,19-23H2,1-3H3;1H4. The third-order valence-electron chi connectivity index (χ3n) is 23.4. The van der Waals surface area contributed by atoms with Crippen LogP contribution in [-0.2, 0) is 33.0 Å². The normalized spacial score (nSPS) is 17.4. The number of nitrogens with zero attached hydrogens (tertiary/aromatic N) is 3. The van der Waals surface area contributed by atoms with Crippen molar-refractivity contribution in [1.82, 2.24) is 14.7 Å². The molecule has 110 heavy (non-hydrogen) atoms. The van der Waals surface area contributed by atoms with Gasteiger partial charge in [-0.1, -0.05) is 252 Å². The van der Waals surface area contributed by atoms with Gasteiger partial charge in [-0.05, 0) is 285 Å². The predicted molar refractivity (Wildman–Crippen MR) is 440 cm³/mol. The Hall–Kier alpha value is -7.66. The maximum absolute atomic E-state index is 13.6. The van der Waals surface area contributed by atoms with Gasteiger partial charge in [0.2, 0.25) is 0 Å². The number of aliphatic hydroxyl groups is 6. The second-order valence-electron chi connectivity index (χ2n) is 34.0. The van der Waals surface area contributed by atoms with E-state index in [9.17, 15) is 48.2 Å². The average molecular weight is 1500 g/mol. The smallest absolute Gasteiger partial charge is 0.123 e. The summed E-state index contributed by atoms with van der Waals surface area (Å²) in [5.41, 5.74) is 7.89. The van der Waals surface area contributed by atoms with Gasteiger partial charge in [-0.3, -0.25) is 0 Å². The third-order valence-corrected chi connectivity index (χ3v) is 23.4. The Bertz CT molecular complexity index is 3940. The highest BCUT2D eigenvalue weighted by Crippen LogP contribution is 2.46. The lowest BCUT2D eigenvalue weighted by Gasteiger charge is -2.42. The lowest BCUT2D eigenvalue weighted by molar-refractivity contribution is -0.0149. The summed E-state index contributed by atoms with van der Waals surface area (Å²) < 4.78 is 54.5. The summed E-state index contributed by atoms with van der Waals surface area (Å²) in [4.78, 5) is 7.24. The van der Waals surface area contributed by atoms with Crippen molar-refractivity contribution in [2.75, 3.05) is 58.9 Å². The minimum atomic E-state index is -1.32. The maximum atomic E-state index is 13.6. The van der Waals surface area contributed by atoms with Crippen molar-refractivity contribution in [2.45, 2.75) is 198 Å². The number of hydrogen-bond donors (Lipinski definition) is 6. The molecule has 13 heteroatoms. The van der Waals surface area contributed by atoms with E-state index in [-0.39, 0.29) is 64.7 Å². The second kappa shape index (κ2) is 38.7. The molecule has 9 aromatic rings. The Balaban J connectivity index is 0.000000189. The van der Waals surface area contributed by atoms with Crippen molar-refractivity contribution >= 4 is 0 Å². The fourth-order valence-electron chi connectivity index (χ4n) is 16.5. The molecule has 9 nitrogen and oxygen atoms in total. The summed E-state index contributed by atoms with van der Waals surface area (Å²) in [6.45, 7) is 27.7. The fraction of sp³-hybridized carbons (Fsp3) is 0.443. The zero-order valence-corrected chi connectivity index (χ0v) is 65.8. The van der Waals surface area contributed by atoms with Crippen molar-refractivity contribution in [1.29, 1.82) is 0 Å². The van der Waals surface area contributed by atoms with Gasteiger partial charge in [-0.25, -0.2) is 17.6 Å². The minimum absolute atomic E-state index is 0. The Morgan fingerprint density at radius 1 is 0.282 bits per heavy atom. The first-order valence-electron chi connectivity index (χ1n) is 39.8. The van der Waals surface area contributed by atoms with Gasteiger partial charge in [-0.2, -0.15) is 0 Å². The number of aliphatic hydroxyl groups excluding tert-OH is 3. The molecule has 12 rings (SSSR count). The molecule has 6 N–H and O–H groups in total. The summed E-state index contributed by atoms with van der Waals surface area (Å²) in [6, 6.07) is 69.0. The van der Waals surface area contributed by atoms with Crippen LogP contribution in [0.4, 0.5) is 17.6 Å². The van der Waals surface area contributed by atoms with Crippen LogP contribution in [0.2, 0.25) is 0 Å². The van der Waals surface area contributed by atoms with E-state index in [4.69, 9.17) is 0 Å². The molecular formula is C97H123F4N3O6. The van der Waals surface area contributed by atoms with Gasteiger partial charge in [0.15, 0.2) is 0 Å². The Morgan fingerprint density at radius 2 is 0.464 bits per heavy atom. The summed E-state index contributed by atoms with van der Waals surface area (Å²) in [7, 11) is 0. The Kier molecular flexibility index (Phi) is 30.4. The van der Waals surface area contributed by atoms with Gasteiger partial charge in [0.05, 0.1) is 18.3 Å². The fourth-order valence-corrected chi connectivity index (χ4v) is 16.5. The first-order valence-corrected chi connectivity index (χ1v) is 39.8. The summed E-state index contributed by atoms with van der Waals surface area (Å²) >= 11 is 0. The number of rotatable bonds is 24. The largest absolute Gasteiger partial charge is 0.388 e. The van der Waals surface area contributed by atoms with Gasteiger partial charge in [-0.15, -0.1) is 0 Å². The van der Waals surface area contributed by atoms with Crippen LogP contribution in [0.3, 0.4) is 0 Å². The maximum Gasteiger partial charge on any atom is 0.123 e. The van der Waals surface area contributed by atoms with Gasteiger partial charge >= 0.3 is 0 Å². The molecule has 0 radical (unpaired) electrons. The number of likely N-dealkylation sites (tertiary alicyclic amines) is 3. The SMILES string of the molecule is C.CC(C)(C)c1ccc(C(O)CCCN2CCC(C(O)(c3ccc(F)cc3)c3ccc(F)cc3)CC2)cc1.CC(C)(C)c1ccc(C(O)CCCN2CCC(C(O)(c3ccccc3)c3ccc(F)cc3)CC2)cc1.CC(C)(C)c1ccc(C(O)CCCN2CCC(C(O)(c3ccccc3)c3ccc(F)cc3)CC2)cc1. The van der Waals surface area contributed by atoms with E-state index in [1.807, 2.05) is 72.8 Å². The van der Waals surface area contributed by atoms with E-state index in [1.165, 1.54) is 65.2 Å². The molecule has 0 spiro atoms. The average Bonchev–Trinajstić information content (AvgIpc) is 0.774. The highest BCUT2D eigenvalue weighted by Gasteiger charge is 2.45. The Morgan fingerprint density at radius 3 is 0.655 bits per heavy atom. The zero-order chi connectivity index (χ0) is 78.2. The van der Waals surface area contributed by atoms with Crippen molar-refractivity contribution in [3.05, 3.63) is 321 Å². The molecule has 0 aromatic heterocycles. The molecule has 5 unspecified atom stereocenters. The van der Waals surface area contributed by atoms with Crippen LogP contribution in [0.15, 0.2) is 231 Å². The van der Waals surface area contributed by atoms with Crippen LogP contribution in [0, 0.1) is 41.0 Å². The predicted octanol–water partition coefficient (Wildman–Crippen LogP) is 20.5. The molecule has 0 bridgehead atoms. The van der Waals surface area contributed by atoms with Crippen LogP contribution >= 0.6 is 0 Å². The van der Waals surface area contributed by atoms with Crippen molar-refractivity contribution in [3.8, 4) is 0 Å². The number of benzene rings is 9. The zero-order valence-electron chi connectivity index (χ0n) is 65.8. The van der Waals surface area contributed by atoms with E-state index in [1.54, 1.807) is 48.5 Å². The van der Waals surface area contributed by atoms with Crippen LogP contribution in [-0.4, -0.2) is 104 Å². The molecule has 9 aromatic carbocycles. The Labute approximate surface area is 654 Å². The van der Waals surface area contributed by atoms with Crippen LogP contribution in [0.1, 0.15) is 232 Å². The monoisotopic (exact) mass is 1500 g/mol. The highest BCUT2D eigenvalue weighted by molar-refractivity contribution is 5.41. The molecule has 0 saturated carbocycles. The summed E-state index contributed by atoms with van der Waals surface area (Å²) in [5.74, 6) is -1.28.